The van der Waals surface area contributed by atoms with Crippen LogP contribution in [0.25, 0.3) is 0 Å². The molecule has 0 saturated heterocycles. The van der Waals surface area contributed by atoms with Crippen LogP contribution in [0.15, 0.2) is 42.5 Å². The first kappa shape index (κ1) is 20.7. The zero-order chi connectivity index (χ0) is 19.9. The number of benzene rings is 2. The second-order valence-electron chi connectivity index (χ2n) is 7.75. The van der Waals surface area contributed by atoms with Gasteiger partial charge in [0, 0.05) is 18.3 Å². The minimum absolute atomic E-state index is 0.110. The summed E-state index contributed by atoms with van der Waals surface area (Å²) in [5, 5.41) is 6.72. The molecule has 0 heterocycles. The van der Waals surface area contributed by atoms with Gasteiger partial charge < -0.3 is 10.6 Å². The van der Waals surface area contributed by atoms with Crippen molar-refractivity contribution in [1.82, 2.24) is 4.90 Å². The van der Waals surface area contributed by atoms with E-state index in [9.17, 15) is 4.79 Å². The van der Waals surface area contributed by atoms with E-state index >= 15 is 0 Å². The fourth-order valence-corrected chi connectivity index (χ4v) is 4.12. The topological polar surface area (TPSA) is 44.4 Å². The smallest absolute Gasteiger partial charge is 0.243 e. The molecule has 5 heteroatoms. The van der Waals surface area contributed by atoms with Gasteiger partial charge in [-0.2, -0.15) is 0 Å². The van der Waals surface area contributed by atoms with Crippen LogP contribution >= 0.6 is 11.6 Å². The summed E-state index contributed by atoms with van der Waals surface area (Å²) in [4.78, 5) is 14.8. The molecule has 0 bridgehead atoms. The largest absolute Gasteiger partial charge is 0.376 e. The molecule has 0 radical (unpaired) electrons. The number of aryl methyl sites for hydroxylation is 1. The number of halogens is 1. The summed E-state index contributed by atoms with van der Waals surface area (Å²) in [6.45, 7) is 3.06. The highest BCUT2D eigenvalue weighted by molar-refractivity contribution is 6.33. The lowest BCUT2D eigenvalue weighted by molar-refractivity contribution is -0.114. The van der Waals surface area contributed by atoms with Gasteiger partial charge in [0.15, 0.2) is 0 Å². The van der Waals surface area contributed by atoms with E-state index in [0.29, 0.717) is 16.8 Å². The normalized spacial score (nSPS) is 14.9. The highest BCUT2D eigenvalue weighted by Crippen LogP contribution is 2.25. The van der Waals surface area contributed by atoms with E-state index in [1.807, 2.05) is 37.3 Å². The van der Waals surface area contributed by atoms with Crippen molar-refractivity contribution in [1.29, 1.82) is 0 Å². The fraction of sp³-hybridized carbons (Fsp3) is 0.435. The van der Waals surface area contributed by atoms with Crippen molar-refractivity contribution in [2.75, 3.05) is 24.2 Å². The molecule has 1 aliphatic carbocycles. The SMILES string of the molecule is Cc1ccc(NC(=O)CNc2ccccc2CN(C)C2CCCCC2)c(Cl)c1. The van der Waals surface area contributed by atoms with Crippen LogP contribution in [0.3, 0.4) is 0 Å². The first-order valence-corrected chi connectivity index (χ1v) is 10.5. The van der Waals surface area contributed by atoms with Crippen LogP contribution in [0.2, 0.25) is 5.02 Å². The number of carbonyl (C=O) groups is 1. The highest BCUT2D eigenvalue weighted by atomic mass is 35.5. The van der Waals surface area contributed by atoms with E-state index in [1.165, 1.54) is 37.7 Å². The standard InChI is InChI=1S/C23H30ClN3O/c1-17-12-13-22(20(24)14-17)26-23(28)15-25-21-11-7-6-8-18(21)16-27(2)19-9-4-3-5-10-19/h6-8,11-14,19,25H,3-5,9-10,15-16H2,1-2H3,(H,26,28). The number of para-hydroxylation sites is 1. The van der Waals surface area contributed by atoms with E-state index < -0.39 is 0 Å². The molecule has 0 spiro atoms. The van der Waals surface area contributed by atoms with Gasteiger partial charge in [-0.1, -0.05) is 55.1 Å². The average Bonchev–Trinajstić information content (AvgIpc) is 2.70. The third kappa shape index (κ3) is 5.73. The molecule has 1 amide bonds. The Labute approximate surface area is 173 Å². The molecule has 150 valence electrons. The fourth-order valence-electron chi connectivity index (χ4n) is 3.84. The first-order chi connectivity index (χ1) is 13.5. The number of anilines is 2. The van der Waals surface area contributed by atoms with E-state index in [-0.39, 0.29) is 12.5 Å². The van der Waals surface area contributed by atoms with Crippen LogP contribution in [0.1, 0.15) is 43.2 Å². The Bertz CT molecular complexity index is 802. The minimum Gasteiger partial charge on any atom is -0.376 e. The quantitative estimate of drug-likeness (QED) is 0.649. The average molecular weight is 400 g/mol. The zero-order valence-electron chi connectivity index (χ0n) is 16.8. The van der Waals surface area contributed by atoms with E-state index in [2.05, 4.69) is 34.7 Å². The molecule has 0 aromatic heterocycles. The predicted molar refractivity (Wildman–Crippen MR) is 118 cm³/mol. The van der Waals surface area contributed by atoms with Crippen LogP contribution in [-0.2, 0) is 11.3 Å². The number of rotatable bonds is 7. The molecule has 0 aliphatic heterocycles. The number of carbonyl (C=O) groups excluding carboxylic acids is 1. The number of nitrogens with zero attached hydrogens (tertiary/aromatic N) is 1. The van der Waals surface area contributed by atoms with Gasteiger partial charge in [0.25, 0.3) is 0 Å². The number of nitrogens with one attached hydrogen (secondary N) is 2. The van der Waals surface area contributed by atoms with E-state index in [1.54, 1.807) is 0 Å². The highest BCUT2D eigenvalue weighted by Gasteiger charge is 2.19. The summed E-state index contributed by atoms with van der Waals surface area (Å²) in [5.74, 6) is -0.110. The van der Waals surface area contributed by atoms with Crippen molar-refractivity contribution in [3.8, 4) is 0 Å². The van der Waals surface area contributed by atoms with Crippen molar-refractivity contribution in [3.05, 3.63) is 58.6 Å². The Hall–Kier alpha value is -2.04. The van der Waals surface area contributed by atoms with Gasteiger partial charge in [-0.05, 0) is 56.1 Å². The monoisotopic (exact) mass is 399 g/mol. The second kappa shape index (κ2) is 9.94. The Morgan fingerprint density at radius 3 is 2.61 bits per heavy atom. The van der Waals surface area contributed by atoms with Crippen LogP contribution in [0.4, 0.5) is 11.4 Å². The van der Waals surface area contributed by atoms with Crippen molar-refractivity contribution in [3.63, 3.8) is 0 Å². The molecule has 1 aliphatic rings. The number of amides is 1. The summed E-state index contributed by atoms with van der Waals surface area (Å²) in [5.41, 5.74) is 3.94. The van der Waals surface area contributed by atoms with Gasteiger partial charge in [0.05, 0.1) is 17.3 Å². The van der Waals surface area contributed by atoms with Crippen LogP contribution in [0.5, 0.6) is 0 Å². The van der Waals surface area contributed by atoms with Gasteiger partial charge >= 0.3 is 0 Å². The lowest BCUT2D eigenvalue weighted by Gasteiger charge is -2.31. The Balaban J connectivity index is 1.57. The zero-order valence-corrected chi connectivity index (χ0v) is 17.6. The van der Waals surface area contributed by atoms with Gasteiger partial charge in [-0.15, -0.1) is 0 Å². The number of hydrogen-bond donors (Lipinski definition) is 2. The van der Waals surface area contributed by atoms with E-state index in [0.717, 1.165) is 17.8 Å². The van der Waals surface area contributed by atoms with Gasteiger partial charge in [-0.25, -0.2) is 0 Å². The summed E-state index contributed by atoms with van der Waals surface area (Å²) in [7, 11) is 2.21. The van der Waals surface area contributed by atoms with Crippen LogP contribution < -0.4 is 10.6 Å². The molecular formula is C23H30ClN3O. The van der Waals surface area contributed by atoms with Gasteiger partial charge in [0.1, 0.15) is 0 Å². The number of hydrogen-bond acceptors (Lipinski definition) is 3. The van der Waals surface area contributed by atoms with Crippen molar-refractivity contribution in [2.24, 2.45) is 0 Å². The Morgan fingerprint density at radius 2 is 1.86 bits per heavy atom. The van der Waals surface area contributed by atoms with Crippen molar-refractivity contribution in [2.45, 2.75) is 51.6 Å². The lowest BCUT2D eigenvalue weighted by atomic mass is 9.94. The lowest BCUT2D eigenvalue weighted by Crippen LogP contribution is -2.33. The molecular weight excluding hydrogens is 370 g/mol. The predicted octanol–water partition coefficient (Wildman–Crippen LogP) is 5.46. The molecule has 0 atom stereocenters. The molecule has 4 nitrogen and oxygen atoms in total. The molecule has 2 aromatic carbocycles. The Morgan fingerprint density at radius 1 is 1.11 bits per heavy atom. The molecule has 2 N–H and O–H groups in total. The summed E-state index contributed by atoms with van der Waals surface area (Å²) < 4.78 is 0. The minimum atomic E-state index is -0.110. The van der Waals surface area contributed by atoms with E-state index in [4.69, 9.17) is 11.6 Å². The third-order valence-electron chi connectivity index (χ3n) is 5.47. The maximum Gasteiger partial charge on any atom is 0.243 e. The van der Waals surface area contributed by atoms with Gasteiger partial charge in [0.2, 0.25) is 5.91 Å². The molecule has 3 rings (SSSR count). The maximum atomic E-state index is 12.4. The molecule has 1 saturated carbocycles. The summed E-state index contributed by atoms with van der Waals surface area (Å²) in [6.07, 6.45) is 6.59. The second-order valence-corrected chi connectivity index (χ2v) is 8.16. The summed E-state index contributed by atoms with van der Waals surface area (Å²) in [6, 6.07) is 14.5. The van der Waals surface area contributed by atoms with Gasteiger partial charge in [-0.3, -0.25) is 9.69 Å². The van der Waals surface area contributed by atoms with Crippen molar-refractivity contribution >= 4 is 28.9 Å². The molecule has 2 aromatic rings. The third-order valence-corrected chi connectivity index (χ3v) is 5.79. The summed E-state index contributed by atoms with van der Waals surface area (Å²) >= 11 is 6.21. The molecule has 28 heavy (non-hydrogen) atoms. The van der Waals surface area contributed by atoms with Crippen LogP contribution in [-0.4, -0.2) is 30.4 Å². The van der Waals surface area contributed by atoms with Crippen molar-refractivity contribution < 1.29 is 4.79 Å². The maximum absolute atomic E-state index is 12.4. The Kier molecular flexibility index (Phi) is 7.35. The molecule has 1 fully saturated rings. The van der Waals surface area contributed by atoms with Crippen LogP contribution in [0, 0.1) is 6.92 Å². The molecule has 0 unspecified atom stereocenters. The first-order valence-electron chi connectivity index (χ1n) is 10.1.